The zero-order valence-electron chi connectivity index (χ0n) is 11.4. The minimum atomic E-state index is 0.0693. The third kappa shape index (κ3) is 3.64. The van der Waals surface area contributed by atoms with Crippen LogP contribution in [0.4, 0.5) is 0 Å². The Hall–Kier alpha value is -0.720. The van der Waals surface area contributed by atoms with Gasteiger partial charge in [0.1, 0.15) is 5.69 Å². The van der Waals surface area contributed by atoms with E-state index in [1.165, 1.54) is 0 Å². The molecule has 6 heteroatoms. The molecule has 0 amide bonds. The van der Waals surface area contributed by atoms with E-state index in [1.807, 2.05) is 18.8 Å². The van der Waals surface area contributed by atoms with Crippen molar-refractivity contribution in [1.82, 2.24) is 14.7 Å². The number of carbonyl (C=O) groups excluding carboxylic acids is 1. The maximum absolute atomic E-state index is 12.6. The van der Waals surface area contributed by atoms with Crippen LogP contribution in [0.5, 0.6) is 0 Å². The Bertz CT molecular complexity index is 439. The molecule has 0 aliphatic carbocycles. The largest absolute Gasteiger partial charge is 0.381 e. The molecular weight excluding hydrogens is 310 g/mol. The standard InChI is InChI=1S/C13H20BrN3O2/c1-16(2)5-6-17-12(11(14)9-15-17)13(18)10-3-7-19-8-4-10/h9-10H,3-8H2,1-2H3. The number of aromatic nitrogens is 2. The Labute approximate surface area is 122 Å². The van der Waals surface area contributed by atoms with E-state index in [4.69, 9.17) is 4.74 Å². The summed E-state index contributed by atoms with van der Waals surface area (Å²) < 4.78 is 7.92. The van der Waals surface area contributed by atoms with E-state index in [0.29, 0.717) is 18.9 Å². The fraction of sp³-hybridized carbons (Fsp3) is 0.692. The fourth-order valence-electron chi connectivity index (χ4n) is 2.22. The third-order valence-corrected chi connectivity index (χ3v) is 3.96. The number of rotatable bonds is 5. The predicted octanol–water partition coefficient (Wildman–Crippen LogP) is 1.82. The highest BCUT2D eigenvalue weighted by Gasteiger charge is 2.27. The number of halogens is 1. The van der Waals surface area contributed by atoms with Crippen molar-refractivity contribution in [2.45, 2.75) is 19.4 Å². The summed E-state index contributed by atoms with van der Waals surface area (Å²) in [6.45, 7) is 2.95. The molecular formula is C13H20BrN3O2. The third-order valence-electron chi connectivity index (χ3n) is 3.38. The molecule has 1 aliphatic heterocycles. The Morgan fingerprint density at radius 1 is 1.53 bits per heavy atom. The molecule has 1 aliphatic rings. The summed E-state index contributed by atoms with van der Waals surface area (Å²) in [6.07, 6.45) is 3.33. The molecule has 2 heterocycles. The lowest BCUT2D eigenvalue weighted by atomic mass is 9.93. The van der Waals surface area contributed by atoms with Gasteiger partial charge in [-0.15, -0.1) is 0 Å². The molecule has 0 radical (unpaired) electrons. The zero-order valence-corrected chi connectivity index (χ0v) is 13.0. The van der Waals surface area contributed by atoms with Crippen LogP contribution < -0.4 is 0 Å². The molecule has 0 spiro atoms. The van der Waals surface area contributed by atoms with Crippen LogP contribution in [-0.4, -0.2) is 54.3 Å². The van der Waals surface area contributed by atoms with E-state index >= 15 is 0 Å². The SMILES string of the molecule is CN(C)CCn1ncc(Br)c1C(=O)C1CCOCC1. The molecule has 106 valence electrons. The van der Waals surface area contributed by atoms with Gasteiger partial charge in [-0.2, -0.15) is 5.10 Å². The van der Waals surface area contributed by atoms with Gasteiger partial charge < -0.3 is 9.64 Å². The second-order valence-corrected chi connectivity index (χ2v) is 5.97. The van der Waals surface area contributed by atoms with Gasteiger partial charge in [0.25, 0.3) is 0 Å². The Morgan fingerprint density at radius 3 is 2.84 bits per heavy atom. The number of ether oxygens (including phenoxy) is 1. The van der Waals surface area contributed by atoms with Crippen molar-refractivity contribution in [3.05, 3.63) is 16.4 Å². The van der Waals surface area contributed by atoms with E-state index in [1.54, 1.807) is 6.20 Å². The summed E-state index contributed by atoms with van der Waals surface area (Å²) in [5.74, 6) is 0.256. The van der Waals surface area contributed by atoms with Gasteiger partial charge in [0.2, 0.25) is 0 Å². The quantitative estimate of drug-likeness (QED) is 0.773. The van der Waals surface area contributed by atoms with Crippen molar-refractivity contribution < 1.29 is 9.53 Å². The van der Waals surface area contributed by atoms with Gasteiger partial charge in [0.15, 0.2) is 5.78 Å². The van der Waals surface area contributed by atoms with Crippen LogP contribution >= 0.6 is 15.9 Å². The van der Waals surface area contributed by atoms with Crippen LogP contribution in [0.3, 0.4) is 0 Å². The topological polar surface area (TPSA) is 47.4 Å². The molecule has 2 rings (SSSR count). The first kappa shape index (κ1) is 14.7. The predicted molar refractivity (Wildman–Crippen MR) is 76.4 cm³/mol. The van der Waals surface area contributed by atoms with Crippen LogP contribution in [0, 0.1) is 5.92 Å². The van der Waals surface area contributed by atoms with Crippen LogP contribution in [0.1, 0.15) is 23.3 Å². The number of hydrogen-bond acceptors (Lipinski definition) is 4. The van der Waals surface area contributed by atoms with Gasteiger partial charge in [-0.05, 0) is 42.9 Å². The number of ketones is 1. The molecule has 0 unspecified atom stereocenters. The van der Waals surface area contributed by atoms with Gasteiger partial charge in [0.05, 0.1) is 17.2 Å². The Morgan fingerprint density at radius 2 is 2.21 bits per heavy atom. The highest BCUT2D eigenvalue weighted by atomic mass is 79.9. The molecule has 0 atom stereocenters. The first-order valence-corrected chi connectivity index (χ1v) is 7.37. The minimum absolute atomic E-state index is 0.0693. The van der Waals surface area contributed by atoms with Crippen LogP contribution in [-0.2, 0) is 11.3 Å². The second kappa shape index (κ2) is 6.63. The number of likely N-dealkylation sites (N-methyl/N-ethyl adjacent to an activating group) is 1. The van der Waals surface area contributed by atoms with Crippen molar-refractivity contribution in [3.8, 4) is 0 Å². The number of nitrogens with zero attached hydrogens (tertiary/aromatic N) is 3. The smallest absolute Gasteiger partial charge is 0.185 e. The van der Waals surface area contributed by atoms with E-state index in [-0.39, 0.29) is 11.7 Å². The summed E-state index contributed by atoms with van der Waals surface area (Å²) in [5, 5.41) is 4.29. The maximum Gasteiger partial charge on any atom is 0.185 e. The summed E-state index contributed by atoms with van der Waals surface area (Å²) in [5.41, 5.74) is 0.703. The average molecular weight is 330 g/mol. The zero-order chi connectivity index (χ0) is 13.8. The molecule has 0 aromatic carbocycles. The second-order valence-electron chi connectivity index (χ2n) is 5.12. The first-order valence-electron chi connectivity index (χ1n) is 6.57. The Kier molecular flexibility index (Phi) is 5.13. The number of hydrogen-bond donors (Lipinski definition) is 0. The number of Topliss-reactive ketones (excluding diaryl/α,β-unsaturated/α-hetero) is 1. The highest BCUT2D eigenvalue weighted by molar-refractivity contribution is 9.10. The Balaban J connectivity index is 2.13. The van der Waals surface area contributed by atoms with Crippen molar-refractivity contribution in [1.29, 1.82) is 0 Å². The average Bonchev–Trinajstić information content (AvgIpc) is 2.78. The van der Waals surface area contributed by atoms with Crippen LogP contribution in [0.15, 0.2) is 10.7 Å². The van der Waals surface area contributed by atoms with E-state index < -0.39 is 0 Å². The summed E-state index contributed by atoms with van der Waals surface area (Å²) >= 11 is 3.44. The molecule has 19 heavy (non-hydrogen) atoms. The molecule has 1 fully saturated rings. The lowest BCUT2D eigenvalue weighted by molar-refractivity contribution is 0.0537. The van der Waals surface area contributed by atoms with Crippen LogP contribution in [0.2, 0.25) is 0 Å². The molecule has 1 saturated heterocycles. The normalized spacial score (nSPS) is 17.1. The summed E-state index contributed by atoms with van der Waals surface area (Å²) in [7, 11) is 4.02. The van der Waals surface area contributed by atoms with E-state index in [9.17, 15) is 4.79 Å². The fourth-order valence-corrected chi connectivity index (χ4v) is 2.72. The lowest BCUT2D eigenvalue weighted by Gasteiger charge is -2.21. The molecule has 0 N–H and O–H groups in total. The van der Waals surface area contributed by atoms with Crippen molar-refractivity contribution in [3.63, 3.8) is 0 Å². The lowest BCUT2D eigenvalue weighted by Crippen LogP contribution is -2.27. The number of carbonyl (C=O) groups is 1. The maximum atomic E-state index is 12.6. The van der Waals surface area contributed by atoms with E-state index in [2.05, 4.69) is 25.9 Å². The highest BCUT2D eigenvalue weighted by Crippen LogP contribution is 2.25. The summed E-state index contributed by atoms with van der Waals surface area (Å²) in [4.78, 5) is 14.7. The van der Waals surface area contributed by atoms with Crippen molar-refractivity contribution >= 4 is 21.7 Å². The molecule has 1 aromatic heterocycles. The molecule has 0 saturated carbocycles. The minimum Gasteiger partial charge on any atom is -0.381 e. The van der Waals surface area contributed by atoms with Gasteiger partial charge in [-0.25, -0.2) is 0 Å². The van der Waals surface area contributed by atoms with Crippen LogP contribution in [0.25, 0.3) is 0 Å². The van der Waals surface area contributed by atoms with E-state index in [0.717, 1.165) is 30.4 Å². The molecule has 1 aromatic rings. The van der Waals surface area contributed by atoms with Crippen molar-refractivity contribution in [2.24, 2.45) is 5.92 Å². The molecule has 5 nitrogen and oxygen atoms in total. The van der Waals surface area contributed by atoms with Gasteiger partial charge in [0, 0.05) is 25.7 Å². The van der Waals surface area contributed by atoms with Gasteiger partial charge in [-0.1, -0.05) is 0 Å². The van der Waals surface area contributed by atoms with Gasteiger partial charge >= 0.3 is 0 Å². The first-order chi connectivity index (χ1) is 9.09. The summed E-state index contributed by atoms with van der Waals surface area (Å²) in [6, 6.07) is 0. The monoisotopic (exact) mass is 329 g/mol. The van der Waals surface area contributed by atoms with Crippen molar-refractivity contribution in [2.75, 3.05) is 33.9 Å². The molecule has 0 bridgehead atoms. The van der Waals surface area contributed by atoms with Gasteiger partial charge in [-0.3, -0.25) is 9.48 Å².